The van der Waals surface area contributed by atoms with Gasteiger partial charge in [-0.3, -0.25) is 0 Å². The molecule has 0 bridgehead atoms. The third-order valence-corrected chi connectivity index (χ3v) is 4.30. The number of hydrogen-bond donors (Lipinski definition) is 1. The molecule has 0 aliphatic carbocycles. The van der Waals surface area contributed by atoms with Gasteiger partial charge in [0.25, 0.3) is 0 Å². The Labute approximate surface area is 121 Å². The van der Waals surface area contributed by atoms with E-state index in [-0.39, 0.29) is 0 Å². The van der Waals surface area contributed by atoms with Crippen LogP contribution < -0.4 is 5.73 Å². The lowest BCUT2D eigenvalue weighted by atomic mass is 10.1. The quantitative estimate of drug-likeness (QED) is 0.926. The Morgan fingerprint density at radius 1 is 1.17 bits per heavy atom. The van der Waals surface area contributed by atoms with Gasteiger partial charge in [-0.2, -0.15) is 0 Å². The summed E-state index contributed by atoms with van der Waals surface area (Å²) in [5.41, 5.74) is 6.65. The molecule has 0 unspecified atom stereocenters. The summed E-state index contributed by atoms with van der Waals surface area (Å²) in [6, 6.07) is 9.56. The van der Waals surface area contributed by atoms with Crippen LogP contribution in [0.4, 0.5) is 0 Å². The van der Waals surface area contributed by atoms with Gasteiger partial charge in [-0.25, -0.2) is 4.98 Å². The molecule has 0 atom stereocenters. The van der Waals surface area contributed by atoms with E-state index in [1.807, 2.05) is 24.3 Å². The van der Waals surface area contributed by atoms with Crippen LogP contribution in [0.3, 0.4) is 0 Å². The van der Waals surface area contributed by atoms with Crippen molar-refractivity contribution in [3.8, 4) is 0 Å². The van der Waals surface area contributed by atoms with Gasteiger partial charge < -0.3 is 5.73 Å². The monoisotopic (exact) mass is 298 g/mol. The van der Waals surface area contributed by atoms with Crippen molar-refractivity contribution in [2.75, 3.05) is 6.54 Å². The first kappa shape index (κ1) is 13.7. The van der Waals surface area contributed by atoms with Gasteiger partial charge in [0, 0.05) is 11.1 Å². The van der Waals surface area contributed by atoms with Crippen molar-refractivity contribution in [1.29, 1.82) is 0 Å². The van der Waals surface area contributed by atoms with Gasteiger partial charge in [0.2, 0.25) is 0 Å². The van der Waals surface area contributed by atoms with Crippen LogP contribution in [0.2, 0.25) is 10.0 Å². The van der Waals surface area contributed by atoms with Gasteiger partial charge in [0.1, 0.15) is 5.03 Å². The Morgan fingerprint density at radius 2 is 2.00 bits per heavy atom. The van der Waals surface area contributed by atoms with Crippen LogP contribution >= 0.6 is 35.0 Å². The minimum atomic E-state index is 0.620. The van der Waals surface area contributed by atoms with Gasteiger partial charge in [-0.1, -0.05) is 41.0 Å². The van der Waals surface area contributed by atoms with E-state index in [1.165, 1.54) is 11.8 Å². The zero-order valence-electron chi connectivity index (χ0n) is 9.57. The normalized spacial score (nSPS) is 10.6. The highest BCUT2D eigenvalue weighted by Crippen LogP contribution is 2.35. The highest BCUT2D eigenvalue weighted by Gasteiger charge is 2.07. The van der Waals surface area contributed by atoms with Gasteiger partial charge in [0.15, 0.2) is 0 Å². The second-order valence-electron chi connectivity index (χ2n) is 3.70. The fourth-order valence-electron chi connectivity index (χ4n) is 1.50. The number of rotatable bonds is 4. The molecule has 0 aliphatic rings. The highest BCUT2D eigenvalue weighted by molar-refractivity contribution is 7.99. The molecule has 94 valence electrons. The maximum atomic E-state index is 6.23. The van der Waals surface area contributed by atoms with Crippen molar-refractivity contribution >= 4 is 35.0 Å². The molecule has 1 aromatic heterocycles. The van der Waals surface area contributed by atoms with E-state index in [2.05, 4.69) is 4.98 Å². The maximum absolute atomic E-state index is 6.23. The van der Waals surface area contributed by atoms with Gasteiger partial charge in [-0.15, -0.1) is 0 Å². The maximum Gasteiger partial charge on any atom is 0.119 e. The van der Waals surface area contributed by atoms with Crippen molar-refractivity contribution in [3.05, 3.63) is 52.1 Å². The Hall–Kier alpha value is -0.740. The molecule has 5 heteroatoms. The summed E-state index contributed by atoms with van der Waals surface area (Å²) in [6.07, 6.45) is 2.54. The van der Waals surface area contributed by atoms with E-state index >= 15 is 0 Å². The van der Waals surface area contributed by atoms with Crippen molar-refractivity contribution < 1.29 is 0 Å². The van der Waals surface area contributed by atoms with Crippen LogP contribution in [-0.4, -0.2) is 11.5 Å². The molecule has 0 amide bonds. The largest absolute Gasteiger partial charge is 0.330 e. The average Bonchev–Trinajstić information content (AvgIpc) is 2.35. The van der Waals surface area contributed by atoms with Crippen LogP contribution in [0, 0.1) is 0 Å². The number of benzene rings is 1. The second kappa shape index (κ2) is 6.43. The molecule has 18 heavy (non-hydrogen) atoms. The summed E-state index contributed by atoms with van der Waals surface area (Å²) in [5.74, 6) is 0. The van der Waals surface area contributed by atoms with Crippen molar-refractivity contribution in [2.45, 2.75) is 16.3 Å². The molecule has 1 heterocycles. The van der Waals surface area contributed by atoms with E-state index in [1.54, 1.807) is 12.3 Å². The fourth-order valence-corrected chi connectivity index (χ4v) is 2.84. The van der Waals surface area contributed by atoms with Crippen LogP contribution in [0.1, 0.15) is 5.56 Å². The molecule has 0 spiro atoms. The van der Waals surface area contributed by atoms with Gasteiger partial charge in [0.05, 0.1) is 10.0 Å². The molecule has 0 radical (unpaired) electrons. The number of nitrogens with two attached hydrogens (primary N) is 1. The predicted octanol–water partition coefficient (Wildman–Crippen LogP) is 4.04. The van der Waals surface area contributed by atoms with E-state index in [0.717, 1.165) is 21.9 Å². The number of aromatic nitrogens is 1. The number of pyridine rings is 1. The molecule has 0 saturated carbocycles. The lowest BCUT2D eigenvalue weighted by Crippen LogP contribution is -2.02. The van der Waals surface area contributed by atoms with E-state index in [0.29, 0.717) is 16.6 Å². The van der Waals surface area contributed by atoms with Crippen molar-refractivity contribution in [3.63, 3.8) is 0 Å². The smallest absolute Gasteiger partial charge is 0.119 e. The Kier molecular flexibility index (Phi) is 4.89. The molecule has 2 rings (SSSR count). The number of nitrogens with zero attached hydrogens (tertiary/aromatic N) is 1. The fraction of sp³-hybridized carbons (Fsp3) is 0.154. The van der Waals surface area contributed by atoms with Crippen molar-refractivity contribution in [2.24, 2.45) is 5.73 Å². The summed E-state index contributed by atoms with van der Waals surface area (Å²) >= 11 is 13.8. The topological polar surface area (TPSA) is 38.9 Å². The SMILES string of the molecule is NCCc1ccc(Sc2ncccc2Cl)c(Cl)c1. The molecule has 2 N–H and O–H groups in total. The first-order valence-electron chi connectivity index (χ1n) is 5.47. The first-order chi connectivity index (χ1) is 8.70. The molecule has 0 aliphatic heterocycles. The van der Waals surface area contributed by atoms with E-state index < -0.39 is 0 Å². The van der Waals surface area contributed by atoms with Crippen LogP contribution in [0.5, 0.6) is 0 Å². The number of hydrogen-bond acceptors (Lipinski definition) is 3. The van der Waals surface area contributed by atoms with Crippen molar-refractivity contribution in [1.82, 2.24) is 4.98 Å². The van der Waals surface area contributed by atoms with Crippen LogP contribution in [0.25, 0.3) is 0 Å². The summed E-state index contributed by atoms with van der Waals surface area (Å²) < 4.78 is 0. The zero-order valence-corrected chi connectivity index (χ0v) is 11.9. The molecule has 1 aromatic carbocycles. The van der Waals surface area contributed by atoms with Crippen LogP contribution in [0.15, 0.2) is 46.5 Å². The van der Waals surface area contributed by atoms with Crippen LogP contribution in [-0.2, 0) is 6.42 Å². The minimum Gasteiger partial charge on any atom is -0.330 e. The Balaban J connectivity index is 2.22. The molecule has 0 fully saturated rings. The highest BCUT2D eigenvalue weighted by atomic mass is 35.5. The number of halogens is 2. The second-order valence-corrected chi connectivity index (χ2v) is 5.54. The molecule has 0 saturated heterocycles. The average molecular weight is 299 g/mol. The first-order valence-corrected chi connectivity index (χ1v) is 7.05. The lowest BCUT2D eigenvalue weighted by molar-refractivity contribution is 0.966. The van der Waals surface area contributed by atoms with Gasteiger partial charge >= 0.3 is 0 Å². The predicted molar refractivity (Wildman–Crippen MR) is 77.6 cm³/mol. The minimum absolute atomic E-state index is 0.620. The third kappa shape index (κ3) is 3.39. The lowest BCUT2D eigenvalue weighted by Gasteiger charge is -2.07. The molecular weight excluding hydrogens is 287 g/mol. The Morgan fingerprint density at radius 3 is 2.67 bits per heavy atom. The molecule has 2 aromatic rings. The Bertz CT molecular complexity index is 546. The zero-order chi connectivity index (χ0) is 13.0. The third-order valence-electron chi connectivity index (χ3n) is 2.36. The summed E-state index contributed by atoms with van der Waals surface area (Å²) in [4.78, 5) is 5.17. The molecular formula is C13H12Cl2N2S. The summed E-state index contributed by atoms with van der Waals surface area (Å²) in [6.45, 7) is 0.620. The van der Waals surface area contributed by atoms with E-state index in [4.69, 9.17) is 28.9 Å². The standard InChI is InChI=1S/C13H12Cl2N2S/c14-10-2-1-7-17-13(10)18-12-4-3-9(5-6-16)8-11(12)15/h1-4,7-8H,5-6,16H2. The summed E-state index contributed by atoms with van der Waals surface area (Å²) in [7, 11) is 0. The summed E-state index contributed by atoms with van der Waals surface area (Å²) in [5, 5.41) is 2.09. The van der Waals surface area contributed by atoms with E-state index in [9.17, 15) is 0 Å². The molecule has 2 nitrogen and oxygen atoms in total. The van der Waals surface area contributed by atoms with Gasteiger partial charge in [-0.05, 0) is 42.8 Å².